The Morgan fingerprint density at radius 2 is 1.56 bits per heavy atom. The fraction of sp³-hybridized carbons (Fsp3) is 0.242. The maximum absolute atomic E-state index is 13.5. The van der Waals surface area contributed by atoms with Gasteiger partial charge < -0.3 is 24.8 Å². The summed E-state index contributed by atoms with van der Waals surface area (Å²) >= 11 is 2.67. The molecule has 1 atom stereocenters. The molecule has 0 aliphatic carbocycles. The van der Waals surface area contributed by atoms with Crippen LogP contribution in [0.15, 0.2) is 77.0 Å². The average molecular weight is 619 g/mol. The molecule has 224 valence electrons. The van der Waals surface area contributed by atoms with Gasteiger partial charge in [-0.3, -0.25) is 9.59 Å². The number of anilines is 2. The van der Waals surface area contributed by atoms with Crippen molar-refractivity contribution in [2.45, 2.75) is 37.3 Å². The Morgan fingerprint density at radius 1 is 0.884 bits per heavy atom. The molecule has 2 amide bonds. The molecule has 0 bridgehead atoms. The van der Waals surface area contributed by atoms with E-state index < -0.39 is 11.2 Å². The summed E-state index contributed by atoms with van der Waals surface area (Å²) in [5.74, 6) is -0.304. The van der Waals surface area contributed by atoms with Crippen LogP contribution in [0.1, 0.15) is 46.5 Å². The minimum absolute atomic E-state index is 0.222. The molecule has 8 nitrogen and oxygen atoms in total. The Morgan fingerprint density at radius 3 is 2.19 bits per heavy atom. The molecule has 1 unspecified atom stereocenters. The van der Waals surface area contributed by atoms with Crippen LogP contribution < -0.4 is 20.1 Å². The fourth-order valence-electron chi connectivity index (χ4n) is 4.40. The Bertz CT molecular complexity index is 1580. The standard InChI is InChI=1S/C33H34N2O6S2/c1-6-27(30(36)35-32-28(33(38)41-7-2)24(19-42-32)21-16-14-20(3)15-17-21)43-23-11-8-10-22(18-23)34-31(37)29-25(39-4)12-9-13-26(29)40-5/h8-19,27H,6-7H2,1-5H3,(H,34,37)(H,35,36). The van der Waals surface area contributed by atoms with E-state index in [1.807, 2.05) is 61.7 Å². The molecule has 4 aromatic rings. The van der Waals surface area contributed by atoms with Gasteiger partial charge in [-0.05, 0) is 56.2 Å². The molecule has 0 radical (unpaired) electrons. The van der Waals surface area contributed by atoms with E-state index in [1.165, 1.54) is 37.3 Å². The Labute approximate surface area is 259 Å². The zero-order valence-electron chi connectivity index (χ0n) is 24.7. The van der Waals surface area contributed by atoms with Crippen molar-refractivity contribution >= 4 is 51.6 Å². The Kier molecular flexibility index (Phi) is 10.9. The van der Waals surface area contributed by atoms with Gasteiger partial charge in [-0.1, -0.05) is 48.9 Å². The largest absolute Gasteiger partial charge is 0.496 e. The molecule has 0 spiro atoms. The molecule has 4 rings (SSSR count). The lowest BCUT2D eigenvalue weighted by Crippen LogP contribution is -2.25. The quantitative estimate of drug-likeness (QED) is 0.124. The van der Waals surface area contributed by atoms with E-state index in [2.05, 4.69) is 10.6 Å². The number of benzene rings is 3. The normalized spacial score (nSPS) is 11.4. The van der Waals surface area contributed by atoms with E-state index in [0.29, 0.717) is 34.2 Å². The number of ether oxygens (including phenoxy) is 3. The number of hydrogen-bond donors (Lipinski definition) is 2. The van der Waals surface area contributed by atoms with Gasteiger partial charge >= 0.3 is 5.97 Å². The molecule has 0 aliphatic rings. The van der Waals surface area contributed by atoms with Crippen molar-refractivity contribution in [1.29, 1.82) is 0 Å². The van der Waals surface area contributed by atoms with Gasteiger partial charge in [0, 0.05) is 21.5 Å². The van der Waals surface area contributed by atoms with Crippen LogP contribution in [0.2, 0.25) is 0 Å². The van der Waals surface area contributed by atoms with Crippen LogP contribution in [-0.2, 0) is 9.53 Å². The molecule has 0 aliphatic heterocycles. The first-order chi connectivity index (χ1) is 20.8. The van der Waals surface area contributed by atoms with E-state index in [0.717, 1.165) is 21.6 Å². The summed E-state index contributed by atoms with van der Waals surface area (Å²) in [5, 5.41) is 7.73. The first-order valence-electron chi connectivity index (χ1n) is 13.7. The van der Waals surface area contributed by atoms with Gasteiger partial charge in [-0.2, -0.15) is 0 Å². The summed E-state index contributed by atoms with van der Waals surface area (Å²) in [6, 6.07) is 20.3. The number of rotatable bonds is 12. The van der Waals surface area contributed by atoms with E-state index in [9.17, 15) is 14.4 Å². The summed E-state index contributed by atoms with van der Waals surface area (Å²) in [6.45, 7) is 5.90. The van der Waals surface area contributed by atoms with Gasteiger partial charge in [-0.25, -0.2) is 4.79 Å². The summed E-state index contributed by atoms with van der Waals surface area (Å²) < 4.78 is 16.1. The molecule has 10 heteroatoms. The topological polar surface area (TPSA) is 103 Å². The molecule has 0 saturated heterocycles. The number of nitrogens with one attached hydrogen (secondary N) is 2. The van der Waals surface area contributed by atoms with Crippen molar-refractivity contribution in [2.24, 2.45) is 0 Å². The molecule has 43 heavy (non-hydrogen) atoms. The monoisotopic (exact) mass is 618 g/mol. The SMILES string of the molecule is CCOC(=O)c1c(-c2ccc(C)cc2)csc1NC(=O)C(CC)Sc1cccc(NC(=O)c2c(OC)cccc2OC)c1. The predicted molar refractivity (Wildman–Crippen MR) is 173 cm³/mol. The van der Waals surface area contributed by atoms with Gasteiger partial charge in [0.2, 0.25) is 5.91 Å². The average Bonchev–Trinajstić information content (AvgIpc) is 3.43. The van der Waals surface area contributed by atoms with Crippen LogP contribution in [0.5, 0.6) is 11.5 Å². The lowest BCUT2D eigenvalue weighted by atomic mass is 10.0. The first-order valence-corrected chi connectivity index (χ1v) is 15.5. The van der Waals surface area contributed by atoms with Gasteiger partial charge in [0.15, 0.2) is 0 Å². The zero-order valence-corrected chi connectivity index (χ0v) is 26.3. The number of thioether (sulfide) groups is 1. The predicted octanol–water partition coefficient (Wildman–Crippen LogP) is 7.68. The van der Waals surface area contributed by atoms with E-state index >= 15 is 0 Å². The van der Waals surface area contributed by atoms with Gasteiger partial charge in [0.25, 0.3) is 5.91 Å². The van der Waals surface area contributed by atoms with Crippen LogP contribution in [0, 0.1) is 6.92 Å². The lowest BCUT2D eigenvalue weighted by molar-refractivity contribution is -0.115. The summed E-state index contributed by atoms with van der Waals surface area (Å²) in [7, 11) is 2.99. The third-order valence-corrected chi connectivity index (χ3v) is 8.81. The van der Waals surface area contributed by atoms with Crippen molar-refractivity contribution in [3.05, 3.63) is 88.8 Å². The highest BCUT2D eigenvalue weighted by Gasteiger charge is 2.26. The second-order valence-electron chi connectivity index (χ2n) is 9.46. The second kappa shape index (κ2) is 14.8. The van der Waals surface area contributed by atoms with Crippen LogP contribution >= 0.6 is 23.1 Å². The Hall–Kier alpha value is -4.28. The van der Waals surface area contributed by atoms with Crippen molar-refractivity contribution < 1.29 is 28.6 Å². The lowest BCUT2D eigenvalue weighted by Gasteiger charge is -2.16. The van der Waals surface area contributed by atoms with Crippen LogP contribution in [-0.4, -0.2) is 43.9 Å². The molecule has 0 saturated carbocycles. The highest BCUT2D eigenvalue weighted by molar-refractivity contribution is 8.00. The van der Waals surface area contributed by atoms with Crippen molar-refractivity contribution in [3.63, 3.8) is 0 Å². The van der Waals surface area contributed by atoms with Crippen molar-refractivity contribution in [2.75, 3.05) is 31.5 Å². The van der Waals surface area contributed by atoms with Crippen LogP contribution in [0.4, 0.5) is 10.7 Å². The Balaban J connectivity index is 1.52. The number of methoxy groups -OCH3 is 2. The summed E-state index contributed by atoms with van der Waals surface area (Å²) in [5.41, 5.74) is 3.89. The summed E-state index contributed by atoms with van der Waals surface area (Å²) in [4.78, 5) is 40.4. The zero-order chi connectivity index (χ0) is 30.9. The molecule has 0 fully saturated rings. The second-order valence-corrected chi connectivity index (χ2v) is 11.6. The molecule has 3 aromatic carbocycles. The van der Waals surface area contributed by atoms with Crippen molar-refractivity contribution in [3.8, 4) is 22.6 Å². The number of thiophene rings is 1. The minimum Gasteiger partial charge on any atom is -0.496 e. The highest BCUT2D eigenvalue weighted by Crippen LogP contribution is 2.38. The minimum atomic E-state index is -0.481. The van der Waals surface area contributed by atoms with Gasteiger partial charge in [-0.15, -0.1) is 23.1 Å². The number of amides is 2. The van der Waals surface area contributed by atoms with Crippen LogP contribution in [0.25, 0.3) is 11.1 Å². The first kappa shape index (κ1) is 31.7. The number of hydrogen-bond acceptors (Lipinski definition) is 8. The molecule has 2 N–H and O–H groups in total. The fourth-order valence-corrected chi connectivity index (χ4v) is 6.37. The van der Waals surface area contributed by atoms with Gasteiger partial charge in [0.1, 0.15) is 27.6 Å². The van der Waals surface area contributed by atoms with E-state index in [1.54, 1.807) is 31.2 Å². The van der Waals surface area contributed by atoms with Gasteiger partial charge in [0.05, 0.1) is 26.1 Å². The number of carbonyl (C=O) groups is 3. The van der Waals surface area contributed by atoms with E-state index in [4.69, 9.17) is 14.2 Å². The maximum Gasteiger partial charge on any atom is 0.341 e. The highest BCUT2D eigenvalue weighted by atomic mass is 32.2. The number of esters is 1. The smallest absolute Gasteiger partial charge is 0.341 e. The third-order valence-electron chi connectivity index (χ3n) is 6.56. The summed E-state index contributed by atoms with van der Waals surface area (Å²) in [6.07, 6.45) is 0.538. The maximum atomic E-state index is 13.5. The molecule has 1 aromatic heterocycles. The van der Waals surface area contributed by atoms with Crippen LogP contribution in [0.3, 0.4) is 0 Å². The van der Waals surface area contributed by atoms with E-state index in [-0.39, 0.29) is 24.0 Å². The molecular formula is C33H34N2O6S2. The van der Waals surface area contributed by atoms with Crippen molar-refractivity contribution in [1.82, 2.24) is 0 Å². The number of carbonyl (C=O) groups excluding carboxylic acids is 3. The third kappa shape index (κ3) is 7.57. The molecule has 1 heterocycles. The molecular weight excluding hydrogens is 585 g/mol. The number of aryl methyl sites for hydroxylation is 1.